The summed E-state index contributed by atoms with van der Waals surface area (Å²) in [7, 11) is 0. The van der Waals surface area contributed by atoms with Crippen LogP contribution in [0.1, 0.15) is 40.5 Å². The molecule has 1 rings (SSSR count). The number of nitrogens with zero attached hydrogens (tertiary/aromatic N) is 1. The summed E-state index contributed by atoms with van der Waals surface area (Å²) in [6, 6.07) is 0.128. The van der Waals surface area contributed by atoms with Crippen LogP contribution in [-0.2, 0) is 0 Å². The predicted octanol–water partition coefficient (Wildman–Crippen LogP) is 3.04. The van der Waals surface area contributed by atoms with Gasteiger partial charge in [0.2, 0.25) is 0 Å². The predicted molar refractivity (Wildman–Crippen MR) is 67.6 cm³/mol. The van der Waals surface area contributed by atoms with E-state index in [-0.39, 0.29) is 17.5 Å². The average Bonchev–Trinajstić information content (AvgIpc) is 2.13. The van der Waals surface area contributed by atoms with Crippen LogP contribution < -0.4 is 5.32 Å². The van der Waals surface area contributed by atoms with Crippen LogP contribution in [0.2, 0.25) is 0 Å². The smallest absolute Gasteiger partial charge is 0.311 e. The second-order valence-electron chi connectivity index (χ2n) is 6.32. The highest BCUT2D eigenvalue weighted by atomic mass is 19.4. The molecular weight excluding hydrogens is 241 g/mol. The molecule has 0 aromatic rings. The van der Waals surface area contributed by atoms with E-state index in [9.17, 15) is 13.2 Å². The maximum atomic E-state index is 12.7. The average molecular weight is 266 g/mol. The number of nitrogens with one attached hydrogen (secondary N) is 1. The lowest BCUT2D eigenvalue weighted by molar-refractivity contribution is -0.159. The number of halogens is 3. The first kappa shape index (κ1) is 15.8. The molecule has 2 atom stereocenters. The Balaban J connectivity index is 2.73. The summed E-state index contributed by atoms with van der Waals surface area (Å²) < 4.78 is 38.0. The molecule has 1 N–H and O–H groups in total. The molecule has 5 heteroatoms. The third-order valence-electron chi connectivity index (χ3n) is 3.51. The van der Waals surface area contributed by atoms with E-state index in [0.29, 0.717) is 13.1 Å². The van der Waals surface area contributed by atoms with Crippen LogP contribution in [0.3, 0.4) is 0 Å². The molecule has 0 aromatic heterocycles. The van der Waals surface area contributed by atoms with Gasteiger partial charge >= 0.3 is 6.18 Å². The summed E-state index contributed by atoms with van der Waals surface area (Å²) in [6.07, 6.45) is -2.18. The van der Waals surface area contributed by atoms with E-state index in [1.54, 1.807) is 4.90 Å². The number of rotatable bonds is 3. The quantitative estimate of drug-likeness (QED) is 0.844. The fourth-order valence-electron chi connectivity index (χ4n) is 2.68. The van der Waals surface area contributed by atoms with Gasteiger partial charge in [-0.25, -0.2) is 0 Å². The van der Waals surface area contributed by atoms with E-state index in [1.807, 2.05) is 20.8 Å². The van der Waals surface area contributed by atoms with Gasteiger partial charge in [-0.3, -0.25) is 4.90 Å². The Morgan fingerprint density at radius 1 is 1.22 bits per heavy atom. The Morgan fingerprint density at radius 3 is 2.28 bits per heavy atom. The van der Waals surface area contributed by atoms with E-state index < -0.39 is 12.7 Å². The summed E-state index contributed by atoms with van der Waals surface area (Å²) in [4.78, 5) is 1.61. The van der Waals surface area contributed by atoms with Crippen molar-refractivity contribution in [1.29, 1.82) is 0 Å². The van der Waals surface area contributed by atoms with Crippen molar-refractivity contribution in [3.63, 3.8) is 0 Å². The molecule has 2 unspecified atom stereocenters. The second-order valence-corrected chi connectivity index (χ2v) is 6.32. The monoisotopic (exact) mass is 266 g/mol. The first-order valence-electron chi connectivity index (χ1n) is 6.67. The zero-order chi connectivity index (χ0) is 14.0. The Labute approximate surface area is 108 Å². The molecule has 0 aliphatic carbocycles. The largest absolute Gasteiger partial charge is 0.401 e. The van der Waals surface area contributed by atoms with Crippen molar-refractivity contribution in [2.45, 2.75) is 58.8 Å². The van der Waals surface area contributed by atoms with Crippen molar-refractivity contribution in [2.75, 3.05) is 19.6 Å². The van der Waals surface area contributed by atoms with Gasteiger partial charge in [-0.2, -0.15) is 13.2 Å². The Hall–Kier alpha value is -0.290. The van der Waals surface area contributed by atoms with E-state index >= 15 is 0 Å². The minimum atomic E-state index is -4.11. The highest BCUT2D eigenvalue weighted by Gasteiger charge is 2.40. The zero-order valence-electron chi connectivity index (χ0n) is 11.8. The molecule has 0 radical (unpaired) electrons. The number of hydrogen-bond donors (Lipinski definition) is 1. The molecule has 108 valence electrons. The van der Waals surface area contributed by atoms with E-state index in [0.717, 1.165) is 12.8 Å². The normalized spacial score (nSPS) is 27.5. The van der Waals surface area contributed by atoms with Crippen molar-refractivity contribution < 1.29 is 13.2 Å². The fraction of sp³-hybridized carbons (Fsp3) is 1.00. The SMILES string of the molecule is CCCC1CN(CC(F)(F)F)C(C(C)(C)C)CN1. The van der Waals surface area contributed by atoms with Crippen LogP contribution in [0.25, 0.3) is 0 Å². The van der Waals surface area contributed by atoms with Gasteiger partial charge < -0.3 is 5.32 Å². The standard InChI is InChI=1S/C13H25F3N2/c1-5-6-10-8-18(9-13(14,15)16)11(7-17-10)12(2,3)4/h10-11,17H,5-9H2,1-4H3. The van der Waals surface area contributed by atoms with Gasteiger partial charge in [-0.15, -0.1) is 0 Å². The second kappa shape index (κ2) is 5.78. The molecular formula is C13H25F3N2. The molecule has 1 aliphatic heterocycles. The lowest BCUT2D eigenvalue weighted by Gasteiger charge is -2.46. The Kier molecular flexibility index (Phi) is 5.06. The molecule has 1 aliphatic rings. The van der Waals surface area contributed by atoms with Crippen molar-refractivity contribution >= 4 is 0 Å². The van der Waals surface area contributed by atoms with Crippen LogP contribution in [-0.4, -0.2) is 42.8 Å². The van der Waals surface area contributed by atoms with Gasteiger partial charge in [-0.05, 0) is 11.8 Å². The van der Waals surface area contributed by atoms with E-state index in [4.69, 9.17) is 0 Å². The Bertz CT molecular complexity index is 258. The topological polar surface area (TPSA) is 15.3 Å². The molecule has 1 heterocycles. The van der Waals surface area contributed by atoms with Crippen LogP contribution in [0, 0.1) is 5.41 Å². The van der Waals surface area contributed by atoms with Crippen LogP contribution in [0.15, 0.2) is 0 Å². The first-order valence-corrected chi connectivity index (χ1v) is 6.67. The van der Waals surface area contributed by atoms with Crippen molar-refractivity contribution in [1.82, 2.24) is 10.2 Å². The number of hydrogen-bond acceptors (Lipinski definition) is 2. The van der Waals surface area contributed by atoms with Crippen molar-refractivity contribution in [2.24, 2.45) is 5.41 Å². The molecule has 18 heavy (non-hydrogen) atoms. The fourth-order valence-corrected chi connectivity index (χ4v) is 2.68. The summed E-state index contributed by atoms with van der Waals surface area (Å²) >= 11 is 0. The van der Waals surface area contributed by atoms with Gasteiger partial charge in [0.15, 0.2) is 0 Å². The van der Waals surface area contributed by atoms with E-state index in [1.165, 1.54) is 0 Å². The highest BCUT2D eigenvalue weighted by molar-refractivity contribution is 4.93. The first-order chi connectivity index (χ1) is 8.13. The lowest BCUT2D eigenvalue weighted by atomic mass is 9.83. The maximum absolute atomic E-state index is 12.7. The van der Waals surface area contributed by atoms with Crippen molar-refractivity contribution in [3.05, 3.63) is 0 Å². The molecule has 0 spiro atoms. The van der Waals surface area contributed by atoms with Crippen molar-refractivity contribution in [3.8, 4) is 0 Å². The van der Waals surface area contributed by atoms with Crippen LogP contribution in [0.5, 0.6) is 0 Å². The number of alkyl halides is 3. The summed E-state index contributed by atoms with van der Waals surface area (Å²) in [5.74, 6) is 0. The third kappa shape index (κ3) is 4.76. The minimum Gasteiger partial charge on any atom is -0.311 e. The third-order valence-corrected chi connectivity index (χ3v) is 3.51. The van der Waals surface area contributed by atoms with Gasteiger partial charge in [0.05, 0.1) is 6.54 Å². The molecule has 0 bridgehead atoms. The summed E-state index contributed by atoms with van der Waals surface area (Å²) in [5, 5.41) is 3.38. The summed E-state index contributed by atoms with van der Waals surface area (Å²) in [5.41, 5.74) is -0.143. The molecule has 1 fully saturated rings. The lowest BCUT2D eigenvalue weighted by Crippen LogP contribution is -2.62. The number of piperazine rings is 1. The van der Waals surface area contributed by atoms with E-state index in [2.05, 4.69) is 12.2 Å². The maximum Gasteiger partial charge on any atom is 0.401 e. The highest BCUT2D eigenvalue weighted by Crippen LogP contribution is 2.29. The van der Waals surface area contributed by atoms with Gasteiger partial charge in [0.25, 0.3) is 0 Å². The van der Waals surface area contributed by atoms with Crippen LogP contribution >= 0.6 is 0 Å². The minimum absolute atomic E-state index is 0.0627. The molecule has 0 saturated carbocycles. The van der Waals surface area contributed by atoms with Crippen LogP contribution in [0.4, 0.5) is 13.2 Å². The summed E-state index contributed by atoms with van der Waals surface area (Å²) in [6.45, 7) is 8.41. The Morgan fingerprint density at radius 2 is 1.83 bits per heavy atom. The van der Waals surface area contributed by atoms with Gasteiger partial charge in [0, 0.05) is 25.2 Å². The van der Waals surface area contributed by atoms with Gasteiger partial charge in [-0.1, -0.05) is 34.1 Å². The molecule has 0 amide bonds. The molecule has 1 saturated heterocycles. The molecule has 0 aromatic carbocycles. The zero-order valence-corrected chi connectivity index (χ0v) is 11.8. The molecule has 2 nitrogen and oxygen atoms in total. The van der Waals surface area contributed by atoms with Gasteiger partial charge in [0.1, 0.15) is 0 Å².